The molecule has 0 spiro atoms. The number of carbonyl (C=O) groups excluding carboxylic acids is 1. The summed E-state index contributed by atoms with van der Waals surface area (Å²) in [5.41, 5.74) is 1.35. The van der Waals surface area contributed by atoms with Crippen LogP contribution in [0.3, 0.4) is 0 Å². The highest BCUT2D eigenvalue weighted by Crippen LogP contribution is 2.35. The monoisotopic (exact) mass is 367 g/mol. The lowest BCUT2D eigenvalue weighted by Crippen LogP contribution is -2.33. The van der Waals surface area contributed by atoms with E-state index in [0.717, 1.165) is 21.1 Å². The summed E-state index contributed by atoms with van der Waals surface area (Å²) >= 11 is 1.70. The molecule has 0 amide bonds. The average molecular weight is 367 g/mol. The Balaban J connectivity index is 1.56. The van der Waals surface area contributed by atoms with Crippen LogP contribution in [0, 0.1) is 0 Å². The molecule has 0 N–H and O–H groups in total. The highest BCUT2D eigenvalue weighted by atomic mass is 32.1. The molecule has 0 unspecified atom stereocenters. The summed E-state index contributed by atoms with van der Waals surface area (Å²) in [4.78, 5) is 21.9. The third-order valence-corrected chi connectivity index (χ3v) is 5.99. The molecule has 0 radical (unpaired) electrons. The fraction of sp³-hybridized carbons (Fsp3) is 0.350. The Labute approximate surface area is 156 Å². The van der Waals surface area contributed by atoms with E-state index in [0.29, 0.717) is 23.8 Å². The molecule has 6 heteroatoms. The van der Waals surface area contributed by atoms with Crippen molar-refractivity contribution in [2.24, 2.45) is 0 Å². The van der Waals surface area contributed by atoms with E-state index in [1.807, 2.05) is 18.2 Å². The number of rotatable bonds is 5. The Morgan fingerprint density at radius 3 is 2.77 bits per heavy atom. The molecule has 1 fully saturated rings. The second kappa shape index (κ2) is 7.41. The van der Waals surface area contributed by atoms with E-state index in [1.54, 1.807) is 29.7 Å². The number of aromatic nitrogens is 2. The highest BCUT2D eigenvalue weighted by Gasteiger charge is 2.20. The maximum atomic E-state index is 10.9. The molecule has 1 aliphatic carbocycles. The third-order valence-electron chi connectivity index (χ3n) is 4.88. The van der Waals surface area contributed by atoms with E-state index >= 15 is 0 Å². The first-order chi connectivity index (χ1) is 12.7. The number of fused-ring (bicyclic) bond motifs is 1. The highest BCUT2D eigenvalue weighted by molar-refractivity contribution is 7.22. The van der Waals surface area contributed by atoms with Crippen molar-refractivity contribution in [2.45, 2.75) is 38.1 Å². The van der Waals surface area contributed by atoms with E-state index in [-0.39, 0.29) is 0 Å². The van der Waals surface area contributed by atoms with Gasteiger partial charge in [0, 0.05) is 31.4 Å². The van der Waals surface area contributed by atoms with Gasteiger partial charge in [-0.3, -0.25) is 9.78 Å². The van der Waals surface area contributed by atoms with Crippen molar-refractivity contribution in [3.63, 3.8) is 0 Å². The molecule has 5 nitrogen and oxygen atoms in total. The second-order valence-electron chi connectivity index (χ2n) is 6.67. The number of ether oxygens (including phenoxy) is 1. The smallest absolute Gasteiger partial charge is 0.186 e. The van der Waals surface area contributed by atoms with Crippen LogP contribution in [0.25, 0.3) is 10.2 Å². The van der Waals surface area contributed by atoms with Gasteiger partial charge >= 0.3 is 0 Å². The first-order valence-electron chi connectivity index (χ1n) is 8.95. The largest absolute Gasteiger partial charge is 0.457 e. The van der Waals surface area contributed by atoms with Gasteiger partial charge in [0.05, 0.1) is 10.2 Å². The van der Waals surface area contributed by atoms with E-state index in [9.17, 15) is 4.79 Å². The fourth-order valence-electron chi connectivity index (χ4n) is 3.42. The lowest BCUT2D eigenvalue weighted by atomic mass is 9.95. The van der Waals surface area contributed by atoms with Gasteiger partial charge in [0.2, 0.25) is 0 Å². The van der Waals surface area contributed by atoms with Crippen molar-refractivity contribution >= 4 is 33.0 Å². The molecule has 1 saturated carbocycles. The van der Waals surface area contributed by atoms with Crippen LogP contribution < -0.4 is 9.64 Å². The molecule has 2 heterocycles. The molecule has 134 valence electrons. The molecule has 26 heavy (non-hydrogen) atoms. The molecule has 0 saturated heterocycles. The SMILES string of the molecule is CN(c1nc2ccc(Oc3ccnc(C=O)c3)cc2s1)C1CCCCC1. The molecule has 0 atom stereocenters. The zero-order valence-electron chi connectivity index (χ0n) is 14.7. The number of anilines is 1. The molecule has 0 bridgehead atoms. The van der Waals surface area contributed by atoms with Crippen LogP contribution in [0.5, 0.6) is 11.5 Å². The van der Waals surface area contributed by atoms with Gasteiger partial charge in [0.25, 0.3) is 0 Å². The van der Waals surface area contributed by atoms with Crippen LogP contribution in [0.2, 0.25) is 0 Å². The molecule has 1 aromatic carbocycles. The quantitative estimate of drug-likeness (QED) is 0.590. The lowest BCUT2D eigenvalue weighted by molar-refractivity contribution is 0.111. The Hall–Kier alpha value is -2.47. The Morgan fingerprint density at radius 1 is 1.15 bits per heavy atom. The van der Waals surface area contributed by atoms with Gasteiger partial charge in [-0.25, -0.2) is 4.98 Å². The van der Waals surface area contributed by atoms with E-state index in [1.165, 1.54) is 32.1 Å². The fourth-order valence-corrected chi connectivity index (χ4v) is 4.45. The van der Waals surface area contributed by atoms with Crippen molar-refractivity contribution in [3.05, 3.63) is 42.2 Å². The number of benzene rings is 1. The van der Waals surface area contributed by atoms with E-state index in [4.69, 9.17) is 9.72 Å². The van der Waals surface area contributed by atoms with Crippen molar-refractivity contribution in [3.8, 4) is 11.5 Å². The van der Waals surface area contributed by atoms with Crippen molar-refractivity contribution in [1.82, 2.24) is 9.97 Å². The Bertz CT molecular complexity index is 918. The zero-order chi connectivity index (χ0) is 17.9. The van der Waals surface area contributed by atoms with Crippen molar-refractivity contribution < 1.29 is 9.53 Å². The predicted molar refractivity (Wildman–Crippen MR) is 105 cm³/mol. The number of hydrogen-bond acceptors (Lipinski definition) is 6. The van der Waals surface area contributed by atoms with Crippen LogP contribution in [0.15, 0.2) is 36.5 Å². The van der Waals surface area contributed by atoms with Crippen LogP contribution in [-0.2, 0) is 0 Å². The minimum absolute atomic E-state index is 0.359. The number of pyridine rings is 1. The predicted octanol–water partition coefficient (Wildman–Crippen LogP) is 5.07. The standard InChI is InChI=1S/C20H21N3O2S/c1-23(15-5-3-2-4-6-15)20-22-18-8-7-16(12-19(18)26-20)25-17-9-10-21-14(11-17)13-24/h7-13,15H,2-6H2,1H3. The van der Waals surface area contributed by atoms with Crippen LogP contribution in [0.4, 0.5) is 5.13 Å². The summed E-state index contributed by atoms with van der Waals surface area (Å²) in [7, 11) is 2.16. The number of thiazole rings is 1. The first kappa shape index (κ1) is 17.0. The Kier molecular flexibility index (Phi) is 4.84. The van der Waals surface area contributed by atoms with Crippen LogP contribution >= 0.6 is 11.3 Å². The number of aldehydes is 1. The maximum absolute atomic E-state index is 10.9. The van der Waals surface area contributed by atoms with Crippen LogP contribution in [-0.4, -0.2) is 29.3 Å². The molecular weight excluding hydrogens is 346 g/mol. The number of nitrogens with zero attached hydrogens (tertiary/aromatic N) is 3. The molecule has 0 aliphatic heterocycles. The maximum Gasteiger partial charge on any atom is 0.186 e. The van der Waals surface area contributed by atoms with E-state index < -0.39 is 0 Å². The Morgan fingerprint density at radius 2 is 1.96 bits per heavy atom. The summed E-state index contributed by atoms with van der Waals surface area (Å²) in [6, 6.07) is 9.87. The minimum atomic E-state index is 0.359. The molecule has 1 aliphatic rings. The summed E-state index contributed by atoms with van der Waals surface area (Å²) in [5, 5.41) is 1.07. The topological polar surface area (TPSA) is 55.3 Å². The molecular formula is C20H21N3O2S. The first-order valence-corrected chi connectivity index (χ1v) is 9.77. The minimum Gasteiger partial charge on any atom is -0.457 e. The third kappa shape index (κ3) is 3.55. The lowest BCUT2D eigenvalue weighted by Gasteiger charge is -2.30. The summed E-state index contributed by atoms with van der Waals surface area (Å²) < 4.78 is 6.98. The van der Waals surface area contributed by atoms with Gasteiger partial charge in [-0.2, -0.15) is 0 Å². The number of carbonyl (C=O) groups is 1. The summed E-state index contributed by atoms with van der Waals surface area (Å²) in [6.07, 6.45) is 8.77. The zero-order valence-corrected chi connectivity index (χ0v) is 15.5. The summed E-state index contributed by atoms with van der Waals surface area (Å²) in [5.74, 6) is 1.33. The van der Waals surface area contributed by atoms with Gasteiger partial charge in [-0.05, 0) is 31.0 Å². The molecule has 3 aromatic rings. The van der Waals surface area contributed by atoms with Crippen molar-refractivity contribution in [2.75, 3.05) is 11.9 Å². The number of hydrogen-bond donors (Lipinski definition) is 0. The van der Waals surface area contributed by atoms with Gasteiger partial charge in [-0.1, -0.05) is 30.6 Å². The van der Waals surface area contributed by atoms with Gasteiger partial charge in [0.1, 0.15) is 17.2 Å². The molecule has 2 aromatic heterocycles. The average Bonchev–Trinajstić information content (AvgIpc) is 3.11. The van der Waals surface area contributed by atoms with Gasteiger partial charge < -0.3 is 9.64 Å². The van der Waals surface area contributed by atoms with Gasteiger partial charge in [-0.15, -0.1) is 0 Å². The molecule has 4 rings (SSSR count). The van der Waals surface area contributed by atoms with Gasteiger partial charge in [0.15, 0.2) is 11.4 Å². The van der Waals surface area contributed by atoms with Crippen molar-refractivity contribution in [1.29, 1.82) is 0 Å². The van der Waals surface area contributed by atoms with Crippen LogP contribution in [0.1, 0.15) is 42.6 Å². The normalized spacial score (nSPS) is 15.1. The second-order valence-corrected chi connectivity index (χ2v) is 7.67. The summed E-state index contributed by atoms with van der Waals surface area (Å²) in [6.45, 7) is 0. The van der Waals surface area contributed by atoms with E-state index in [2.05, 4.69) is 16.9 Å².